The van der Waals surface area contributed by atoms with Gasteiger partial charge in [0.15, 0.2) is 0 Å². The lowest BCUT2D eigenvalue weighted by molar-refractivity contribution is 0.0929. The van der Waals surface area contributed by atoms with Crippen molar-refractivity contribution in [3.63, 3.8) is 0 Å². The predicted octanol–water partition coefficient (Wildman–Crippen LogP) is 7.45. The summed E-state index contributed by atoms with van der Waals surface area (Å²) in [6.45, 7) is 13.9. The molecule has 182 valence electrons. The molecule has 0 saturated heterocycles. The Morgan fingerprint density at radius 1 is 1.16 bits per heavy atom. The predicted molar refractivity (Wildman–Crippen MR) is 132 cm³/mol. The molecule has 0 heterocycles. The van der Waals surface area contributed by atoms with E-state index in [0.29, 0.717) is 30.6 Å². The monoisotopic (exact) mass is 464 g/mol. The lowest BCUT2D eigenvalue weighted by Gasteiger charge is -2.44. The molecular formula is C27H44O4S. The molecule has 0 aromatic rings. The Kier molecular flexibility index (Phi) is 8.49. The van der Waals surface area contributed by atoms with E-state index in [1.807, 2.05) is 0 Å². The third kappa shape index (κ3) is 6.36. The maximum absolute atomic E-state index is 11.1. The molecule has 4 nitrogen and oxygen atoms in total. The topological polar surface area (TPSA) is 63.6 Å². The van der Waals surface area contributed by atoms with Gasteiger partial charge in [-0.2, -0.15) is 8.42 Å². The molecule has 0 bridgehead atoms. The molecule has 3 saturated carbocycles. The van der Waals surface area contributed by atoms with E-state index in [1.54, 1.807) is 5.57 Å². The van der Waals surface area contributed by atoms with E-state index < -0.39 is 16.5 Å². The van der Waals surface area contributed by atoms with Crippen molar-refractivity contribution in [3.8, 4) is 0 Å². The number of rotatable bonds is 8. The van der Waals surface area contributed by atoms with Gasteiger partial charge in [-0.1, -0.05) is 76.8 Å². The van der Waals surface area contributed by atoms with E-state index in [2.05, 4.69) is 46.4 Å². The summed E-state index contributed by atoms with van der Waals surface area (Å²) in [6, 6.07) is 0. The minimum atomic E-state index is -4.42. The van der Waals surface area contributed by atoms with Gasteiger partial charge in [0.25, 0.3) is 0 Å². The maximum Gasteiger partial charge on any atom is 0.397 e. The van der Waals surface area contributed by atoms with E-state index in [-0.39, 0.29) is 0 Å². The van der Waals surface area contributed by atoms with Crippen LogP contribution in [0.5, 0.6) is 0 Å². The van der Waals surface area contributed by atoms with Gasteiger partial charge in [-0.3, -0.25) is 4.55 Å². The number of hydrogen-bond donors (Lipinski definition) is 1. The molecule has 0 spiro atoms. The van der Waals surface area contributed by atoms with Crippen molar-refractivity contribution < 1.29 is 17.2 Å². The first-order valence-corrected chi connectivity index (χ1v) is 14.1. The van der Waals surface area contributed by atoms with Crippen LogP contribution < -0.4 is 0 Å². The third-order valence-electron chi connectivity index (χ3n) is 8.59. The Hall–Kier alpha value is -0.910. The SMILES string of the molecule is C=C1CCC(OS(=O)(=O)O)C/C1=C\C=C1\CCCC2(C)C1CCC2C(C)CCCC(C)C. The Morgan fingerprint density at radius 3 is 2.59 bits per heavy atom. The fourth-order valence-corrected chi connectivity index (χ4v) is 7.41. The average molecular weight is 465 g/mol. The van der Waals surface area contributed by atoms with Gasteiger partial charge in [0, 0.05) is 6.42 Å². The van der Waals surface area contributed by atoms with Crippen LogP contribution in [-0.2, 0) is 14.6 Å². The fraction of sp³-hybridized carbons (Fsp3) is 0.778. The van der Waals surface area contributed by atoms with E-state index in [1.165, 1.54) is 44.9 Å². The number of allylic oxidation sites excluding steroid dienone is 4. The first-order valence-electron chi connectivity index (χ1n) is 12.7. The van der Waals surface area contributed by atoms with E-state index in [9.17, 15) is 8.42 Å². The first kappa shape index (κ1) is 25.7. The van der Waals surface area contributed by atoms with Gasteiger partial charge in [0.2, 0.25) is 0 Å². The van der Waals surface area contributed by atoms with Gasteiger partial charge < -0.3 is 0 Å². The van der Waals surface area contributed by atoms with Gasteiger partial charge in [-0.25, -0.2) is 4.18 Å². The molecule has 3 rings (SSSR count). The molecule has 5 unspecified atom stereocenters. The zero-order valence-electron chi connectivity index (χ0n) is 20.6. The summed E-state index contributed by atoms with van der Waals surface area (Å²) < 4.78 is 36.1. The Labute approximate surface area is 196 Å². The van der Waals surface area contributed by atoms with Gasteiger partial charge >= 0.3 is 10.4 Å². The second-order valence-electron chi connectivity index (χ2n) is 11.3. The van der Waals surface area contributed by atoms with Crippen molar-refractivity contribution in [1.29, 1.82) is 0 Å². The second-order valence-corrected chi connectivity index (χ2v) is 12.4. The highest BCUT2D eigenvalue weighted by molar-refractivity contribution is 7.80. The fourth-order valence-electron chi connectivity index (χ4n) is 6.90. The van der Waals surface area contributed by atoms with Crippen LogP contribution in [0.1, 0.15) is 98.3 Å². The Bertz CT molecular complexity index is 838. The first-order chi connectivity index (χ1) is 15.0. The summed E-state index contributed by atoms with van der Waals surface area (Å²) in [5, 5.41) is 0. The van der Waals surface area contributed by atoms with Crippen LogP contribution >= 0.6 is 0 Å². The molecule has 0 aliphatic heterocycles. The van der Waals surface area contributed by atoms with Crippen LogP contribution in [0.25, 0.3) is 0 Å². The van der Waals surface area contributed by atoms with Gasteiger partial charge in [-0.05, 0) is 79.6 Å². The van der Waals surface area contributed by atoms with E-state index in [0.717, 1.165) is 35.3 Å². The third-order valence-corrected chi connectivity index (χ3v) is 9.11. The number of hydrogen-bond acceptors (Lipinski definition) is 3. The van der Waals surface area contributed by atoms with Gasteiger partial charge in [-0.15, -0.1) is 0 Å². The van der Waals surface area contributed by atoms with Crippen LogP contribution in [0.15, 0.2) is 35.5 Å². The van der Waals surface area contributed by atoms with Crippen molar-refractivity contribution in [3.05, 3.63) is 35.5 Å². The van der Waals surface area contributed by atoms with Crippen LogP contribution in [0.2, 0.25) is 0 Å². The quantitative estimate of drug-likeness (QED) is 0.379. The normalized spacial score (nSPS) is 34.9. The highest BCUT2D eigenvalue weighted by Gasteiger charge is 2.50. The van der Waals surface area contributed by atoms with Gasteiger partial charge in [0.05, 0.1) is 6.10 Å². The van der Waals surface area contributed by atoms with Crippen molar-refractivity contribution in [2.75, 3.05) is 0 Å². The second kappa shape index (κ2) is 10.6. The van der Waals surface area contributed by atoms with Crippen LogP contribution in [0.4, 0.5) is 0 Å². The molecule has 1 N–H and O–H groups in total. The van der Waals surface area contributed by atoms with Crippen LogP contribution in [-0.4, -0.2) is 19.1 Å². The van der Waals surface area contributed by atoms with Crippen molar-refractivity contribution in [2.24, 2.45) is 29.1 Å². The summed E-state index contributed by atoms with van der Waals surface area (Å²) in [6.07, 6.45) is 16.1. The van der Waals surface area contributed by atoms with E-state index in [4.69, 9.17) is 8.74 Å². The van der Waals surface area contributed by atoms with Crippen molar-refractivity contribution in [1.82, 2.24) is 0 Å². The molecule has 0 aromatic heterocycles. The molecule has 3 aliphatic rings. The minimum Gasteiger partial charge on any atom is -0.264 e. The molecule has 5 atom stereocenters. The molecule has 5 heteroatoms. The molecule has 0 aromatic carbocycles. The summed E-state index contributed by atoms with van der Waals surface area (Å²) in [5.41, 5.74) is 4.08. The molecular weight excluding hydrogens is 420 g/mol. The molecule has 32 heavy (non-hydrogen) atoms. The summed E-state index contributed by atoms with van der Waals surface area (Å²) in [7, 11) is -4.42. The van der Waals surface area contributed by atoms with E-state index >= 15 is 0 Å². The Morgan fingerprint density at radius 2 is 1.91 bits per heavy atom. The minimum absolute atomic E-state index is 0.403. The summed E-state index contributed by atoms with van der Waals surface area (Å²) >= 11 is 0. The Balaban J connectivity index is 1.70. The lowest BCUT2D eigenvalue weighted by atomic mass is 9.60. The number of fused-ring (bicyclic) bond motifs is 1. The zero-order chi connectivity index (χ0) is 23.5. The molecule has 3 fully saturated rings. The smallest absolute Gasteiger partial charge is 0.264 e. The van der Waals surface area contributed by atoms with Crippen molar-refractivity contribution in [2.45, 2.75) is 104 Å². The molecule has 3 aliphatic carbocycles. The highest BCUT2D eigenvalue weighted by Crippen LogP contribution is 2.60. The molecule has 0 radical (unpaired) electrons. The lowest BCUT2D eigenvalue weighted by Crippen LogP contribution is -2.36. The maximum atomic E-state index is 11.1. The summed E-state index contributed by atoms with van der Waals surface area (Å²) in [5.74, 6) is 3.06. The highest BCUT2D eigenvalue weighted by atomic mass is 32.3. The molecule has 0 amide bonds. The largest absolute Gasteiger partial charge is 0.397 e. The standard InChI is InChI=1S/C27H44O4S/c1-19(2)8-6-9-21(4)25-15-16-26-22(10-7-17-27(25,26)5)12-13-23-18-24(14-11-20(23)3)31-32(28,29)30/h12-13,19,21,24-26H,3,6-11,14-18H2,1-2,4-5H3,(H,28,29,30)/b22-12-,23-13+. The van der Waals surface area contributed by atoms with Crippen molar-refractivity contribution >= 4 is 10.4 Å². The van der Waals surface area contributed by atoms with Crippen LogP contribution in [0, 0.1) is 29.1 Å². The average Bonchev–Trinajstić information content (AvgIpc) is 3.04. The zero-order valence-corrected chi connectivity index (χ0v) is 21.4. The van der Waals surface area contributed by atoms with Crippen LogP contribution in [0.3, 0.4) is 0 Å². The summed E-state index contributed by atoms with van der Waals surface area (Å²) in [4.78, 5) is 0. The van der Waals surface area contributed by atoms with Gasteiger partial charge in [0.1, 0.15) is 0 Å².